The fraction of sp³-hybridized carbons (Fsp3) is 0.333. The van der Waals surface area contributed by atoms with Crippen molar-refractivity contribution in [1.29, 1.82) is 5.26 Å². The van der Waals surface area contributed by atoms with Crippen molar-refractivity contribution in [3.8, 4) is 6.07 Å². The molecule has 0 saturated carbocycles. The predicted octanol–water partition coefficient (Wildman–Crippen LogP) is 1.31. The number of aryl methyl sites for hydroxylation is 1. The van der Waals surface area contributed by atoms with Crippen molar-refractivity contribution in [2.75, 3.05) is 19.5 Å². The van der Waals surface area contributed by atoms with Crippen molar-refractivity contribution in [2.45, 2.75) is 27.3 Å². The molecule has 0 aliphatic carbocycles. The molecular formula is C18H18N4O6S. The molecule has 0 aliphatic rings. The second-order valence-corrected chi connectivity index (χ2v) is 6.97. The Morgan fingerprint density at radius 2 is 1.76 bits per heavy atom. The maximum absolute atomic E-state index is 12.5. The van der Waals surface area contributed by atoms with Gasteiger partial charge in [0, 0.05) is 0 Å². The second-order valence-electron chi connectivity index (χ2n) is 5.95. The lowest BCUT2D eigenvalue weighted by Crippen LogP contribution is -2.32. The molecule has 11 heteroatoms. The van der Waals surface area contributed by atoms with Gasteiger partial charge in [-0.05, 0) is 31.9 Å². The smallest absolute Gasteiger partial charge is 0.348 e. The molecule has 1 N–H and O–H groups in total. The summed E-state index contributed by atoms with van der Waals surface area (Å²) in [5, 5.41) is 15.8. The molecule has 0 saturated heterocycles. The molecule has 0 aliphatic heterocycles. The Morgan fingerprint density at radius 3 is 2.31 bits per heavy atom. The van der Waals surface area contributed by atoms with E-state index >= 15 is 0 Å². The average molecular weight is 418 g/mol. The van der Waals surface area contributed by atoms with Crippen LogP contribution in [0.3, 0.4) is 0 Å². The maximum Gasteiger partial charge on any atom is 0.348 e. The van der Waals surface area contributed by atoms with Crippen LogP contribution in [-0.4, -0.2) is 41.8 Å². The Kier molecular flexibility index (Phi) is 6.50. The van der Waals surface area contributed by atoms with Crippen molar-refractivity contribution < 1.29 is 23.9 Å². The molecule has 0 bridgehead atoms. The summed E-state index contributed by atoms with van der Waals surface area (Å²) in [6.45, 7) is 4.25. The van der Waals surface area contributed by atoms with Crippen molar-refractivity contribution in [2.24, 2.45) is 0 Å². The first kappa shape index (κ1) is 21.8. The Bertz CT molecular complexity index is 1110. The zero-order chi connectivity index (χ0) is 21.9. The van der Waals surface area contributed by atoms with Gasteiger partial charge in [-0.3, -0.25) is 9.59 Å². The third-order valence-electron chi connectivity index (χ3n) is 4.20. The van der Waals surface area contributed by atoms with Crippen LogP contribution in [0, 0.1) is 32.1 Å². The van der Waals surface area contributed by atoms with E-state index in [0.717, 1.165) is 16.0 Å². The van der Waals surface area contributed by atoms with Gasteiger partial charge < -0.3 is 14.8 Å². The number of nitriles is 1. The van der Waals surface area contributed by atoms with Crippen molar-refractivity contribution in [3.05, 3.63) is 43.2 Å². The largest absolute Gasteiger partial charge is 0.465 e. The van der Waals surface area contributed by atoms with E-state index in [1.807, 2.05) is 6.07 Å². The van der Waals surface area contributed by atoms with Crippen LogP contribution in [0.4, 0.5) is 5.00 Å². The number of esters is 2. The first-order valence-electron chi connectivity index (χ1n) is 8.24. The number of thiophene rings is 1. The van der Waals surface area contributed by atoms with Crippen LogP contribution < -0.4 is 10.9 Å². The van der Waals surface area contributed by atoms with Crippen molar-refractivity contribution in [3.63, 3.8) is 0 Å². The number of nitrogens with one attached hydrogen (secondary N) is 1. The van der Waals surface area contributed by atoms with Gasteiger partial charge in [0.05, 0.1) is 25.5 Å². The Labute approximate surface area is 169 Å². The summed E-state index contributed by atoms with van der Waals surface area (Å²) in [4.78, 5) is 49.0. The Morgan fingerprint density at radius 1 is 1.14 bits per heavy atom. The quantitative estimate of drug-likeness (QED) is 0.717. The lowest BCUT2D eigenvalue weighted by Gasteiger charge is -2.09. The van der Waals surface area contributed by atoms with Crippen LogP contribution in [0.15, 0.2) is 4.79 Å². The van der Waals surface area contributed by atoms with E-state index in [9.17, 15) is 19.2 Å². The number of aromatic nitrogens is 2. The highest BCUT2D eigenvalue weighted by Gasteiger charge is 2.27. The van der Waals surface area contributed by atoms with Crippen molar-refractivity contribution >= 4 is 34.2 Å². The van der Waals surface area contributed by atoms with Gasteiger partial charge >= 0.3 is 11.9 Å². The Balaban J connectivity index is 2.41. The minimum absolute atomic E-state index is 0.0179. The van der Waals surface area contributed by atoms with Crippen LogP contribution in [0.5, 0.6) is 0 Å². The molecule has 2 heterocycles. The molecular weight excluding hydrogens is 400 g/mol. The van der Waals surface area contributed by atoms with E-state index in [1.165, 1.54) is 21.1 Å². The zero-order valence-electron chi connectivity index (χ0n) is 16.4. The topological polar surface area (TPSA) is 140 Å². The molecule has 1 amide bonds. The maximum atomic E-state index is 12.5. The number of methoxy groups -OCH3 is 2. The summed E-state index contributed by atoms with van der Waals surface area (Å²) >= 11 is 0.851. The lowest BCUT2D eigenvalue weighted by molar-refractivity contribution is -0.117. The van der Waals surface area contributed by atoms with Gasteiger partial charge in [-0.25, -0.2) is 14.3 Å². The molecule has 2 aromatic rings. The lowest BCUT2D eigenvalue weighted by atomic mass is 10.1. The van der Waals surface area contributed by atoms with E-state index in [4.69, 9.17) is 10.00 Å². The first-order valence-corrected chi connectivity index (χ1v) is 9.06. The molecule has 29 heavy (non-hydrogen) atoms. The average Bonchev–Trinajstić information content (AvgIpc) is 3.01. The van der Waals surface area contributed by atoms with Crippen LogP contribution in [0.25, 0.3) is 0 Å². The molecule has 0 spiro atoms. The molecule has 0 aromatic carbocycles. The summed E-state index contributed by atoms with van der Waals surface area (Å²) in [5.74, 6) is -2.07. The van der Waals surface area contributed by atoms with Gasteiger partial charge in [-0.15, -0.1) is 11.3 Å². The number of anilines is 1. The third-order valence-corrected chi connectivity index (χ3v) is 5.39. The fourth-order valence-electron chi connectivity index (χ4n) is 2.55. The molecule has 0 atom stereocenters. The fourth-order valence-corrected chi connectivity index (χ4v) is 3.68. The summed E-state index contributed by atoms with van der Waals surface area (Å²) in [6.07, 6.45) is 0. The van der Waals surface area contributed by atoms with Gasteiger partial charge in [-0.1, -0.05) is 0 Å². The van der Waals surface area contributed by atoms with Gasteiger partial charge in [0.1, 0.15) is 28.1 Å². The first-order chi connectivity index (χ1) is 13.7. The summed E-state index contributed by atoms with van der Waals surface area (Å²) in [6, 6.07) is 1.81. The number of ether oxygens (including phenoxy) is 2. The summed E-state index contributed by atoms with van der Waals surface area (Å²) < 4.78 is 10.3. The van der Waals surface area contributed by atoms with Gasteiger partial charge in [-0.2, -0.15) is 10.4 Å². The number of nitrogens with zero attached hydrogens (tertiary/aromatic N) is 3. The number of carbonyl (C=O) groups is 3. The van der Waals surface area contributed by atoms with E-state index in [2.05, 4.69) is 15.2 Å². The minimum Gasteiger partial charge on any atom is -0.465 e. The number of hydrogen-bond acceptors (Lipinski definition) is 9. The highest BCUT2D eigenvalue weighted by molar-refractivity contribution is 7.18. The molecule has 0 unspecified atom stereocenters. The molecule has 10 nitrogen and oxygen atoms in total. The van der Waals surface area contributed by atoms with Crippen LogP contribution >= 0.6 is 11.3 Å². The van der Waals surface area contributed by atoms with Crippen LogP contribution in [0.2, 0.25) is 0 Å². The van der Waals surface area contributed by atoms with E-state index in [1.54, 1.807) is 13.8 Å². The molecule has 0 fully saturated rings. The molecule has 2 rings (SSSR count). The van der Waals surface area contributed by atoms with E-state index in [-0.39, 0.29) is 21.0 Å². The molecule has 152 valence electrons. The van der Waals surface area contributed by atoms with E-state index in [0.29, 0.717) is 16.8 Å². The number of rotatable bonds is 5. The number of amides is 1. The van der Waals surface area contributed by atoms with Gasteiger partial charge in [0.2, 0.25) is 5.91 Å². The normalized spacial score (nSPS) is 10.2. The summed E-state index contributed by atoms with van der Waals surface area (Å²) in [5.41, 5.74) is 0.404. The Hall–Kier alpha value is -3.52. The standard InChI is InChI=1S/C18H18N4O6S/c1-8-10(3)21-22(16(24)11(8)6-19)7-12(23)20-15-13(17(25)27-4)9(2)14(29-15)18(26)28-5/h7H2,1-5H3,(H,20,23). The second kappa shape index (κ2) is 8.66. The van der Waals surface area contributed by atoms with Gasteiger partial charge in [0.25, 0.3) is 5.56 Å². The highest BCUT2D eigenvalue weighted by atomic mass is 32.1. The van der Waals surface area contributed by atoms with E-state index < -0.39 is 29.9 Å². The van der Waals surface area contributed by atoms with Crippen molar-refractivity contribution in [1.82, 2.24) is 9.78 Å². The SMILES string of the molecule is COC(=O)c1sc(NC(=O)Cn2nc(C)c(C)c(C#N)c2=O)c(C(=O)OC)c1C. The highest BCUT2D eigenvalue weighted by Crippen LogP contribution is 2.34. The molecule has 0 radical (unpaired) electrons. The molecule has 2 aromatic heterocycles. The van der Waals surface area contributed by atoms with Crippen LogP contribution in [0.1, 0.15) is 42.4 Å². The monoisotopic (exact) mass is 418 g/mol. The zero-order valence-corrected chi connectivity index (χ0v) is 17.2. The summed E-state index contributed by atoms with van der Waals surface area (Å²) in [7, 11) is 2.37. The minimum atomic E-state index is -0.738. The predicted molar refractivity (Wildman–Crippen MR) is 103 cm³/mol. The number of hydrogen-bond donors (Lipinski definition) is 1. The number of carbonyl (C=O) groups excluding carboxylic acids is 3. The van der Waals surface area contributed by atoms with Gasteiger partial charge in [0.15, 0.2) is 0 Å². The third kappa shape index (κ3) is 4.17. The van der Waals surface area contributed by atoms with Crippen LogP contribution in [-0.2, 0) is 20.8 Å².